The van der Waals surface area contributed by atoms with Gasteiger partial charge in [-0.15, -0.1) is 0 Å². The minimum Gasteiger partial charge on any atom is -0.368 e. The standard InChI is InChI=1S/C12H17ClN2OS/c1-15-11(12(14)16)6-7-17-8-9-2-4-10(13)5-3-9/h2-5,11,15H,6-8H2,1H3,(H2,14,16). The lowest BCUT2D eigenvalue weighted by Crippen LogP contribution is -2.39. The second-order valence-corrected chi connectivity index (χ2v) is 5.25. The molecule has 0 heterocycles. The third-order valence-electron chi connectivity index (χ3n) is 2.42. The van der Waals surface area contributed by atoms with Gasteiger partial charge in [0.2, 0.25) is 5.91 Å². The summed E-state index contributed by atoms with van der Waals surface area (Å²) in [5.74, 6) is 1.53. The first kappa shape index (κ1) is 14.4. The van der Waals surface area contributed by atoms with Crippen molar-refractivity contribution in [3.8, 4) is 0 Å². The molecule has 0 radical (unpaired) electrons. The normalized spacial score (nSPS) is 12.4. The minimum absolute atomic E-state index is 0.229. The van der Waals surface area contributed by atoms with Crippen LogP contribution in [0.1, 0.15) is 12.0 Å². The largest absolute Gasteiger partial charge is 0.368 e. The smallest absolute Gasteiger partial charge is 0.234 e. The first-order valence-corrected chi connectivity index (χ1v) is 6.95. The molecule has 17 heavy (non-hydrogen) atoms. The van der Waals surface area contributed by atoms with E-state index in [1.165, 1.54) is 5.56 Å². The topological polar surface area (TPSA) is 55.1 Å². The lowest BCUT2D eigenvalue weighted by Gasteiger charge is -2.11. The summed E-state index contributed by atoms with van der Waals surface area (Å²) in [4.78, 5) is 11.0. The number of thioether (sulfide) groups is 1. The van der Waals surface area contributed by atoms with Crippen LogP contribution in [0.15, 0.2) is 24.3 Å². The van der Waals surface area contributed by atoms with E-state index >= 15 is 0 Å². The van der Waals surface area contributed by atoms with Gasteiger partial charge in [0.05, 0.1) is 6.04 Å². The minimum atomic E-state index is -0.292. The molecule has 5 heteroatoms. The molecule has 0 saturated carbocycles. The SMILES string of the molecule is CNC(CCSCc1ccc(Cl)cc1)C(N)=O. The zero-order chi connectivity index (χ0) is 12.7. The van der Waals surface area contributed by atoms with Gasteiger partial charge in [0.1, 0.15) is 0 Å². The van der Waals surface area contributed by atoms with Gasteiger partial charge in [-0.2, -0.15) is 11.8 Å². The van der Waals surface area contributed by atoms with E-state index in [1.54, 1.807) is 18.8 Å². The molecule has 1 aromatic rings. The molecule has 0 aliphatic heterocycles. The van der Waals surface area contributed by atoms with E-state index in [0.29, 0.717) is 0 Å². The second kappa shape index (κ2) is 7.58. The van der Waals surface area contributed by atoms with Crippen molar-refractivity contribution in [2.24, 2.45) is 5.73 Å². The second-order valence-electron chi connectivity index (χ2n) is 3.71. The van der Waals surface area contributed by atoms with E-state index in [9.17, 15) is 4.79 Å². The van der Waals surface area contributed by atoms with Crippen molar-refractivity contribution < 1.29 is 4.79 Å². The summed E-state index contributed by atoms with van der Waals surface area (Å²) in [6, 6.07) is 7.57. The number of carbonyl (C=O) groups excluding carboxylic acids is 1. The van der Waals surface area contributed by atoms with Gasteiger partial charge in [-0.1, -0.05) is 23.7 Å². The first-order valence-electron chi connectivity index (χ1n) is 5.42. The van der Waals surface area contributed by atoms with Gasteiger partial charge >= 0.3 is 0 Å². The van der Waals surface area contributed by atoms with Gasteiger partial charge < -0.3 is 11.1 Å². The van der Waals surface area contributed by atoms with Crippen LogP contribution in [0.5, 0.6) is 0 Å². The van der Waals surface area contributed by atoms with Gasteiger partial charge in [-0.05, 0) is 36.9 Å². The van der Waals surface area contributed by atoms with E-state index in [2.05, 4.69) is 5.32 Å². The Hall–Kier alpha value is -0.710. The van der Waals surface area contributed by atoms with Gasteiger partial charge in [-0.25, -0.2) is 0 Å². The van der Waals surface area contributed by atoms with Crippen molar-refractivity contribution in [3.05, 3.63) is 34.9 Å². The first-order chi connectivity index (χ1) is 8.13. The zero-order valence-corrected chi connectivity index (χ0v) is 11.4. The fourth-order valence-corrected chi connectivity index (χ4v) is 2.50. The summed E-state index contributed by atoms with van der Waals surface area (Å²) in [6.07, 6.45) is 0.754. The number of benzene rings is 1. The van der Waals surface area contributed by atoms with Crippen LogP contribution in [0.3, 0.4) is 0 Å². The lowest BCUT2D eigenvalue weighted by molar-refractivity contribution is -0.119. The highest BCUT2D eigenvalue weighted by Gasteiger charge is 2.11. The number of halogens is 1. The summed E-state index contributed by atoms with van der Waals surface area (Å²) in [7, 11) is 1.75. The average molecular weight is 273 g/mol. The molecule has 0 saturated heterocycles. The number of rotatable bonds is 7. The lowest BCUT2D eigenvalue weighted by atomic mass is 10.2. The molecular formula is C12H17ClN2OS. The van der Waals surface area contributed by atoms with E-state index in [-0.39, 0.29) is 11.9 Å². The van der Waals surface area contributed by atoms with Crippen LogP contribution < -0.4 is 11.1 Å². The molecule has 1 unspecified atom stereocenters. The number of nitrogens with one attached hydrogen (secondary N) is 1. The van der Waals surface area contributed by atoms with Crippen molar-refractivity contribution in [1.82, 2.24) is 5.32 Å². The third-order valence-corrected chi connectivity index (χ3v) is 3.74. The fourth-order valence-electron chi connectivity index (χ4n) is 1.40. The maximum Gasteiger partial charge on any atom is 0.234 e. The number of carbonyl (C=O) groups is 1. The molecule has 0 aromatic heterocycles. The van der Waals surface area contributed by atoms with Crippen LogP contribution in [0, 0.1) is 0 Å². The maximum absolute atomic E-state index is 11.0. The van der Waals surface area contributed by atoms with Crippen LogP contribution in [0.2, 0.25) is 5.02 Å². The van der Waals surface area contributed by atoms with Gasteiger partial charge in [-0.3, -0.25) is 4.79 Å². The molecule has 0 spiro atoms. The third kappa shape index (κ3) is 5.44. The van der Waals surface area contributed by atoms with Gasteiger partial charge in [0.25, 0.3) is 0 Å². The van der Waals surface area contributed by atoms with Crippen LogP contribution in [0.4, 0.5) is 0 Å². The summed E-state index contributed by atoms with van der Waals surface area (Å²) < 4.78 is 0. The Morgan fingerprint density at radius 2 is 2.12 bits per heavy atom. The number of hydrogen-bond donors (Lipinski definition) is 2. The summed E-state index contributed by atoms with van der Waals surface area (Å²) in [5, 5.41) is 3.65. The Balaban J connectivity index is 2.24. The van der Waals surface area contributed by atoms with Crippen LogP contribution in [0.25, 0.3) is 0 Å². The number of primary amides is 1. The van der Waals surface area contributed by atoms with Crippen molar-refractivity contribution in [3.63, 3.8) is 0 Å². The van der Waals surface area contributed by atoms with Gasteiger partial charge in [0, 0.05) is 10.8 Å². The maximum atomic E-state index is 11.0. The van der Waals surface area contributed by atoms with Crippen LogP contribution in [-0.4, -0.2) is 24.7 Å². The molecule has 1 amide bonds. The Labute approximate surface area is 111 Å². The Kier molecular flexibility index (Phi) is 6.40. The Morgan fingerprint density at radius 1 is 1.47 bits per heavy atom. The van der Waals surface area contributed by atoms with Gasteiger partial charge in [0.15, 0.2) is 0 Å². The fraction of sp³-hybridized carbons (Fsp3) is 0.417. The molecule has 94 valence electrons. The number of amides is 1. The van der Waals surface area contributed by atoms with Crippen molar-refractivity contribution in [2.75, 3.05) is 12.8 Å². The van der Waals surface area contributed by atoms with Crippen molar-refractivity contribution in [2.45, 2.75) is 18.2 Å². The number of nitrogens with two attached hydrogens (primary N) is 1. The quantitative estimate of drug-likeness (QED) is 0.747. The van der Waals surface area contributed by atoms with Crippen molar-refractivity contribution >= 4 is 29.3 Å². The highest BCUT2D eigenvalue weighted by Crippen LogP contribution is 2.16. The average Bonchev–Trinajstić information content (AvgIpc) is 2.31. The zero-order valence-electron chi connectivity index (χ0n) is 9.78. The molecular weight excluding hydrogens is 256 g/mol. The van der Waals surface area contributed by atoms with E-state index in [4.69, 9.17) is 17.3 Å². The van der Waals surface area contributed by atoms with Crippen molar-refractivity contribution in [1.29, 1.82) is 0 Å². The molecule has 0 aliphatic rings. The monoisotopic (exact) mass is 272 g/mol. The molecule has 3 N–H and O–H groups in total. The molecule has 0 fully saturated rings. The number of hydrogen-bond acceptors (Lipinski definition) is 3. The summed E-state index contributed by atoms with van der Waals surface area (Å²) in [5.41, 5.74) is 6.47. The molecule has 1 atom stereocenters. The Bertz CT molecular complexity index is 356. The predicted octanol–water partition coefficient (Wildman–Crippen LogP) is 2.04. The summed E-state index contributed by atoms with van der Waals surface area (Å²) >= 11 is 7.58. The predicted molar refractivity (Wildman–Crippen MR) is 74.3 cm³/mol. The molecule has 3 nitrogen and oxygen atoms in total. The van der Waals surface area contributed by atoms with E-state index < -0.39 is 0 Å². The van der Waals surface area contributed by atoms with E-state index in [1.807, 2.05) is 24.3 Å². The summed E-state index contributed by atoms with van der Waals surface area (Å²) in [6.45, 7) is 0. The highest BCUT2D eigenvalue weighted by atomic mass is 35.5. The number of likely N-dealkylation sites (N-methyl/N-ethyl adjacent to an activating group) is 1. The van der Waals surface area contributed by atoms with Crippen LogP contribution in [-0.2, 0) is 10.5 Å². The van der Waals surface area contributed by atoms with E-state index in [0.717, 1.165) is 22.9 Å². The molecule has 1 rings (SSSR count). The Morgan fingerprint density at radius 3 is 2.65 bits per heavy atom. The molecule has 0 bridgehead atoms. The molecule has 0 aliphatic carbocycles. The highest BCUT2D eigenvalue weighted by molar-refractivity contribution is 7.98. The van der Waals surface area contributed by atoms with Crippen LogP contribution >= 0.6 is 23.4 Å². The molecule has 1 aromatic carbocycles.